The summed E-state index contributed by atoms with van der Waals surface area (Å²) in [7, 11) is 2.00. The van der Waals surface area contributed by atoms with Crippen molar-refractivity contribution in [3.8, 4) is 0 Å². The fourth-order valence-electron chi connectivity index (χ4n) is 1.69. The second-order valence-corrected chi connectivity index (χ2v) is 4.29. The fourth-order valence-corrected chi connectivity index (χ4v) is 2.70. The Bertz CT molecular complexity index is 123. The lowest BCUT2D eigenvalue weighted by atomic mass is 9.89. The van der Waals surface area contributed by atoms with Gasteiger partial charge in [-0.3, -0.25) is 4.72 Å². The van der Waals surface area contributed by atoms with E-state index in [1.54, 1.807) is 0 Å². The first-order valence-corrected chi connectivity index (χ1v) is 5.21. The Kier molecular flexibility index (Phi) is 4.02. The highest BCUT2D eigenvalue weighted by Crippen LogP contribution is 2.32. The number of hydrogen-bond donors (Lipinski definition) is 1. The van der Waals surface area contributed by atoms with E-state index < -0.39 is 0 Å². The predicted octanol–water partition coefficient (Wildman–Crippen LogP) is 2.60. The SMILES string of the molecule is C=CC1CCCCC1SNC. The highest BCUT2D eigenvalue weighted by Gasteiger charge is 2.22. The Morgan fingerprint density at radius 2 is 2.18 bits per heavy atom. The van der Waals surface area contributed by atoms with Crippen LogP contribution in [0.3, 0.4) is 0 Å². The molecular weight excluding hydrogens is 154 g/mol. The molecule has 1 saturated carbocycles. The van der Waals surface area contributed by atoms with Crippen LogP contribution in [0.15, 0.2) is 12.7 Å². The molecule has 2 atom stereocenters. The summed E-state index contributed by atoms with van der Waals surface area (Å²) in [4.78, 5) is 0. The summed E-state index contributed by atoms with van der Waals surface area (Å²) in [5.41, 5.74) is 0. The molecule has 0 aliphatic heterocycles. The van der Waals surface area contributed by atoms with E-state index in [0.717, 1.165) is 11.2 Å². The molecule has 1 nitrogen and oxygen atoms in total. The van der Waals surface area contributed by atoms with Gasteiger partial charge in [-0.2, -0.15) is 0 Å². The molecule has 0 aromatic carbocycles. The molecule has 0 spiro atoms. The Hall–Kier alpha value is 0.0500. The first kappa shape index (κ1) is 9.14. The predicted molar refractivity (Wildman–Crippen MR) is 52.6 cm³/mol. The van der Waals surface area contributed by atoms with Gasteiger partial charge in [-0.15, -0.1) is 6.58 Å². The normalized spacial score (nSPS) is 31.7. The Morgan fingerprint density at radius 1 is 1.45 bits per heavy atom. The van der Waals surface area contributed by atoms with Gasteiger partial charge in [0.15, 0.2) is 0 Å². The summed E-state index contributed by atoms with van der Waals surface area (Å²) in [6.45, 7) is 3.88. The molecule has 1 aliphatic rings. The van der Waals surface area contributed by atoms with Crippen molar-refractivity contribution in [2.45, 2.75) is 30.9 Å². The highest BCUT2D eigenvalue weighted by molar-refractivity contribution is 7.98. The Balaban J connectivity index is 2.37. The third kappa shape index (κ3) is 2.53. The Labute approximate surface area is 73.8 Å². The summed E-state index contributed by atoms with van der Waals surface area (Å²) in [5, 5.41) is 0.770. The van der Waals surface area contributed by atoms with E-state index in [4.69, 9.17) is 0 Å². The minimum absolute atomic E-state index is 0.737. The first-order valence-electron chi connectivity index (χ1n) is 4.33. The smallest absolute Gasteiger partial charge is 0.0255 e. The third-order valence-corrected chi connectivity index (χ3v) is 3.45. The summed E-state index contributed by atoms with van der Waals surface area (Å²) < 4.78 is 3.17. The van der Waals surface area contributed by atoms with Crippen LogP contribution in [0.1, 0.15) is 25.7 Å². The van der Waals surface area contributed by atoms with Crippen LogP contribution in [-0.2, 0) is 0 Å². The zero-order valence-electron chi connectivity index (χ0n) is 7.18. The van der Waals surface area contributed by atoms with Crippen LogP contribution in [0.4, 0.5) is 0 Å². The summed E-state index contributed by atoms with van der Waals surface area (Å²) in [6, 6.07) is 0. The van der Waals surface area contributed by atoms with Crippen LogP contribution in [-0.4, -0.2) is 12.3 Å². The fraction of sp³-hybridized carbons (Fsp3) is 0.778. The second-order valence-electron chi connectivity index (χ2n) is 3.04. The maximum atomic E-state index is 3.88. The van der Waals surface area contributed by atoms with Crippen LogP contribution >= 0.6 is 11.9 Å². The number of rotatable bonds is 3. The maximum Gasteiger partial charge on any atom is 0.0255 e. The van der Waals surface area contributed by atoms with E-state index >= 15 is 0 Å². The van der Waals surface area contributed by atoms with Crippen LogP contribution in [0.25, 0.3) is 0 Å². The molecule has 1 aliphatic carbocycles. The molecule has 0 radical (unpaired) electrons. The quantitative estimate of drug-likeness (QED) is 0.517. The van der Waals surface area contributed by atoms with E-state index in [9.17, 15) is 0 Å². The molecule has 0 amide bonds. The molecule has 1 rings (SSSR count). The lowest BCUT2D eigenvalue weighted by molar-refractivity contribution is 0.432. The summed E-state index contributed by atoms with van der Waals surface area (Å²) >= 11 is 1.86. The van der Waals surface area contributed by atoms with Gasteiger partial charge in [0.2, 0.25) is 0 Å². The molecule has 0 aromatic heterocycles. The lowest BCUT2D eigenvalue weighted by Gasteiger charge is -2.27. The van der Waals surface area contributed by atoms with Crippen molar-refractivity contribution < 1.29 is 0 Å². The van der Waals surface area contributed by atoms with E-state index in [0.29, 0.717) is 0 Å². The molecule has 11 heavy (non-hydrogen) atoms. The molecule has 1 N–H and O–H groups in total. The number of allylic oxidation sites excluding steroid dienone is 1. The minimum Gasteiger partial charge on any atom is -0.267 e. The van der Waals surface area contributed by atoms with Crippen molar-refractivity contribution in [2.75, 3.05) is 7.05 Å². The van der Waals surface area contributed by atoms with Gasteiger partial charge in [-0.25, -0.2) is 0 Å². The van der Waals surface area contributed by atoms with Gasteiger partial charge in [0.25, 0.3) is 0 Å². The van der Waals surface area contributed by atoms with E-state index in [1.807, 2.05) is 19.0 Å². The van der Waals surface area contributed by atoms with Gasteiger partial charge in [0.1, 0.15) is 0 Å². The van der Waals surface area contributed by atoms with Crippen molar-refractivity contribution in [1.29, 1.82) is 0 Å². The molecule has 0 heterocycles. The van der Waals surface area contributed by atoms with E-state index in [-0.39, 0.29) is 0 Å². The summed E-state index contributed by atoms with van der Waals surface area (Å²) in [6.07, 6.45) is 7.58. The molecule has 1 fully saturated rings. The van der Waals surface area contributed by atoms with Gasteiger partial charge < -0.3 is 0 Å². The second kappa shape index (κ2) is 4.83. The minimum atomic E-state index is 0.737. The standard InChI is InChI=1S/C9H17NS/c1-3-8-6-4-5-7-9(8)11-10-2/h3,8-10H,1,4-7H2,2H3. The topological polar surface area (TPSA) is 12.0 Å². The van der Waals surface area contributed by atoms with Crippen LogP contribution in [0.2, 0.25) is 0 Å². The van der Waals surface area contributed by atoms with Crippen molar-refractivity contribution in [2.24, 2.45) is 5.92 Å². The third-order valence-electron chi connectivity index (χ3n) is 2.33. The molecule has 0 aromatic rings. The monoisotopic (exact) mass is 171 g/mol. The van der Waals surface area contributed by atoms with Crippen molar-refractivity contribution in [3.63, 3.8) is 0 Å². The number of nitrogens with one attached hydrogen (secondary N) is 1. The van der Waals surface area contributed by atoms with Crippen LogP contribution < -0.4 is 4.72 Å². The lowest BCUT2D eigenvalue weighted by Crippen LogP contribution is -2.22. The first-order chi connectivity index (χ1) is 5.38. The van der Waals surface area contributed by atoms with Crippen molar-refractivity contribution >= 4 is 11.9 Å². The van der Waals surface area contributed by atoms with E-state index in [2.05, 4.69) is 17.4 Å². The molecule has 0 bridgehead atoms. The highest BCUT2D eigenvalue weighted by atomic mass is 32.2. The van der Waals surface area contributed by atoms with Gasteiger partial charge in [0.05, 0.1) is 0 Å². The zero-order chi connectivity index (χ0) is 8.10. The zero-order valence-corrected chi connectivity index (χ0v) is 7.99. The van der Waals surface area contributed by atoms with Crippen LogP contribution in [0.5, 0.6) is 0 Å². The molecule has 64 valence electrons. The van der Waals surface area contributed by atoms with Gasteiger partial charge in [-0.1, -0.05) is 30.9 Å². The average molecular weight is 171 g/mol. The molecule has 2 heteroatoms. The van der Waals surface area contributed by atoms with E-state index in [1.165, 1.54) is 25.7 Å². The number of hydrogen-bond acceptors (Lipinski definition) is 2. The largest absolute Gasteiger partial charge is 0.267 e. The van der Waals surface area contributed by atoms with Crippen LogP contribution in [0, 0.1) is 5.92 Å². The Morgan fingerprint density at radius 3 is 2.82 bits per heavy atom. The maximum absolute atomic E-state index is 3.88. The van der Waals surface area contributed by atoms with Gasteiger partial charge >= 0.3 is 0 Å². The van der Waals surface area contributed by atoms with Crippen molar-refractivity contribution in [1.82, 2.24) is 4.72 Å². The van der Waals surface area contributed by atoms with Gasteiger partial charge in [-0.05, 0) is 25.8 Å². The van der Waals surface area contributed by atoms with Gasteiger partial charge in [0, 0.05) is 5.25 Å². The van der Waals surface area contributed by atoms with Crippen molar-refractivity contribution in [3.05, 3.63) is 12.7 Å². The summed E-state index contributed by atoms with van der Waals surface area (Å²) in [5.74, 6) is 0.737. The molecule has 0 saturated heterocycles. The average Bonchev–Trinajstić information content (AvgIpc) is 2.06. The molecular formula is C9H17NS. The molecule has 2 unspecified atom stereocenters.